The molecule has 3 aromatic rings. The van der Waals surface area contributed by atoms with Gasteiger partial charge in [0.05, 0.1) is 22.1 Å². The number of thiazole rings is 2. The predicted molar refractivity (Wildman–Crippen MR) is 96.3 cm³/mol. The van der Waals surface area contributed by atoms with Gasteiger partial charge in [0.2, 0.25) is 0 Å². The maximum Gasteiger partial charge on any atom is 0.257 e. The third-order valence-electron chi connectivity index (χ3n) is 3.07. The van der Waals surface area contributed by atoms with E-state index in [0.717, 1.165) is 22.1 Å². The highest BCUT2D eigenvalue weighted by Crippen LogP contribution is 2.28. The maximum absolute atomic E-state index is 12.7. The maximum atomic E-state index is 12.7. The summed E-state index contributed by atoms with van der Waals surface area (Å²) in [4.78, 5) is 23.1. The molecule has 6 heteroatoms. The summed E-state index contributed by atoms with van der Waals surface area (Å²) in [6.07, 6.45) is 3.28. The molecule has 0 saturated heterocycles. The first kappa shape index (κ1) is 15.6. The average molecular weight is 341 g/mol. The van der Waals surface area contributed by atoms with E-state index in [4.69, 9.17) is 0 Å². The Kier molecular flexibility index (Phi) is 4.64. The molecule has 0 radical (unpaired) electrons. The summed E-state index contributed by atoms with van der Waals surface area (Å²) in [5.74, 6) is -0.142. The molecule has 0 N–H and O–H groups in total. The van der Waals surface area contributed by atoms with Crippen molar-refractivity contribution >= 4 is 45.5 Å². The average Bonchev–Trinajstić information content (AvgIpc) is 3.15. The molecular weight excluding hydrogens is 326 g/mol. The van der Waals surface area contributed by atoms with Crippen LogP contribution in [0, 0.1) is 13.8 Å². The number of hydrogen-bond donors (Lipinski definition) is 0. The normalized spacial score (nSPS) is 11.0. The summed E-state index contributed by atoms with van der Waals surface area (Å²) < 4.78 is 0. The molecule has 4 nitrogen and oxygen atoms in total. The number of carbonyl (C=O) groups excluding carboxylic acids is 1. The minimum Gasteiger partial charge on any atom is -0.269 e. The van der Waals surface area contributed by atoms with E-state index < -0.39 is 0 Å². The molecule has 0 aliphatic carbocycles. The number of rotatable bonds is 4. The molecule has 0 saturated carbocycles. The molecule has 23 heavy (non-hydrogen) atoms. The number of para-hydroxylation sites is 1. The van der Waals surface area contributed by atoms with Gasteiger partial charge in [0, 0.05) is 16.8 Å². The Labute approximate surface area is 142 Å². The number of carbonyl (C=O) groups is 1. The van der Waals surface area contributed by atoms with Gasteiger partial charge < -0.3 is 0 Å². The van der Waals surface area contributed by atoms with Gasteiger partial charge in [-0.05, 0) is 32.1 Å². The second kappa shape index (κ2) is 6.85. The number of aryl methyl sites for hydroxylation is 2. The molecule has 0 bridgehead atoms. The second-order valence-electron chi connectivity index (χ2n) is 4.91. The van der Waals surface area contributed by atoms with Gasteiger partial charge in [0.1, 0.15) is 0 Å². The quantitative estimate of drug-likeness (QED) is 0.652. The fourth-order valence-corrected chi connectivity index (χ4v) is 3.45. The van der Waals surface area contributed by atoms with Gasteiger partial charge in [-0.1, -0.05) is 18.2 Å². The van der Waals surface area contributed by atoms with Gasteiger partial charge in [0.25, 0.3) is 5.91 Å². The lowest BCUT2D eigenvalue weighted by Gasteiger charge is -2.18. The third kappa shape index (κ3) is 3.72. The van der Waals surface area contributed by atoms with Crippen LogP contribution in [-0.2, 0) is 4.79 Å². The van der Waals surface area contributed by atoms with Crippen molar-refractivity contribution in [1.29, 1.82) is 0 Å². The fourth-order valence-electron chi connectivity index (χ4n) is 2.04. The van der Waals surface area contributed by atoms with Crippen molar-refractivity contribution in [1.82, 2.24) is 9.97 Å². The van der Waals surface area contributed by atoms with Crippen LogP contribution < -0.4 is 4.90 Å². The molecule has 116 valence electrons. The van der Waals surface area contributed by atoms with Gasteiger partial charge in [-0.3, -0.25) is 9.69 Å². The van der Waals surface area contributed by atoms with Crippen LogP contribution in [0.4, 0.5) is 10.8 Å². The van der Waals surface area contributed by atoms with Crippen molar-refractivity contribution in [2.45, 2.75) is 13.8 Å². The Bertz CT molecular complexity index is 836. The Morgan fingerprint density at radius 3 is 2.48 bits per heavy atom. The molecule has 1 amide bonds. The summed E-state index contributed by atoms with van der Waals surface area (Å²) in [6.45, 7) is 3.86. The van der Waals surface area contributed by atoms with Gasteiger partial charge in [-0.15, -0.1) is 22.7 Å². The van der Waals surface area contributed by atoms with E-state index in [2.05, 4.69) is 9.97 Å². The highest BCUT2D eigenvalue weighted by atomic mass is 32.1. The SMILES string of the molecule is Cc1csc(N(C(=O)C=Cc2csc(C)n2)c2ccccc2)n1. The van der Waals surface area contributed by atoms with Crippen molar-refractivity contribution in [2.75, 3.05) is 4.90 Å². The zero-order chi connectivity index (χ0) is 16.2. The van der Waals surface area contributed by atoms with Crippen LogP contribution in [0.25, 0.3) is 6.08 Å². The van der Waals surface area contributed by atoms with Gasteiger partial charge in [-0.2, -0.15) is 0 Å². The van der Waals surface area contributed by atoms with E-state index >= 15 is 0 Å². The smallest absolute Gasteiger partial charge is 0.257 e. The van der Waals surface area contributed by atoms with E-state index in [1.807, 2.05) is 54.9 Å². The lowest BCUT2D eigenvalue weighted by Crippen LogP contribution is -2.23. The molecule has 0 unspecified atom stereocenters. The first-order chi connectivity index (χ1) is 11.1. The minimum absolute atomic E-state index is 0.142. The van der Waals surface area contributed by atoms with Gasteiger partial charge in [-0.25, -0.2) is 9.97 Å². The third-order valence-corrected chi connectivity index (χ3v) is 4.80. The van der Waals surface area contributed by atoms with Crippen LogP contribution in [-0.4, -0.2) is 15.9 Å². The standard InChI is InChI=1S/C17H15N3OS2/c1-12-10-23-17(18-12)20(15-6-4-3-5-7-15)16(21)9-8-14-11-22-13(2)19-14/h3-11H,1-2H3. The van der Waals surface area contributed by atoms with Crippen LogP contribution in [0.5, 0.6) is 0 Å². The molecule has 0 aliphatic heterocycles. The molecular formula is C17H15N3OS2. The summed E-state index contributed by atoms with van der Waals surface area (Å²) >= 11 is 3.02. The zero-order valence-corrected chi connectivity index (χ0v) is 14.4. The first-order valence-corrected chi connectivity index (χ1v) is 8.81. The van der Waals surface area contributed by atoms with Crippen LogP contribution in [0.1, 0.15) is 16.4 Å². The molecule has 3 rings (SSSR count). The highest BCUT2D eigenvalue weighted by molar-refractivity contribution is 7.14. The summed E-state index contributed by atoms with van der Waals surface area (Å²) in [5, 5.41) is 5.51. The van der Waals surface area contributed by atoms with E-state index in [0.29, 0.717) is 5.13 Å². The number of aromatic nitrogens is 2. The van der Waals surface area contributed by atoms with E-state index in [1.54, 1.807) is 22.3 Å². The summed E-state index contributed by atoms with van der Waals surface area (Å²) in [6, 6.07) is 9.53. The summed E-state index contributed by atoms with van der Waals surface area (Å²) in [7, 11) is 0. The van der Waals surface area contributed by atoms with Gasteiger partial charge in [0.15, 0.2) is 5.13 Å². The largest absolute Gasteiger partial charge is 0.269 e. The monoisotopic (exact) mass is 341 g/mol. The van der Waals surface area contributed by atoms with Crippen molar-refractivity contribution in [3.05, 3.63) is 63.6 Å². The number of anilines is 2. The van der Waals surface area contributed by atoms with Crippen molar-refractivity contribution in [2.24, 2.45) is 0 Å². The molecule has 2 heterocycles. The lowest BCUT2D eigenvalue weighted by molar-refractivity contribution is -0.113. The Morgan fingerprint density at radius 1 is 1.09 bits per heavy atom. The van der Waals surface area contributed by atoms with Crippen LogP contribution in [0.3, 0.4) is 0 Å². The molecule has 0 aliphatic rings. The Balaban J connectivity index is 1.92. The van der Waals surface area contributed by atoms with Crippen LogP contribution >= 0.6 is 22.7 Å². The Morgan fingerprint density at radius 2 is 1.87 bits per heavy atom. The van der Waals surface area contributed by atoms with Crippen LogP contribution in [0.15, 0.2) is 47.2 Å². The topological polar surface area (TPSA) is 46.1 Å². The molecule has 0 spiro atoms. The first-order valence-electron chi connectivity index (χ1n) is 7.05. The molecule has 2 aromatic heterocycles. The number of nitrogens with zero attached hydrogens (tertiary/aromatic N) is 3. The Hall–Kier alpha value is -2.31. The molecule has 0 atom stereocenters. The van der Waals surface area contributed by atoms with Crippen molar-refractivity contribution < 1.29 is 4.79 Å². The zero-order valence-electron chi connectivity index (χ0n) is 12.8. The van der Waals surface area contributed by atoms with E-state index in [-0.39, 0.29) is 5.91 Å². The fraction of sp³-hybridized carbons (Fsp3) is 0.118. The van der Waals surface area contributed by atoms with E-state index in [1.165, 1.54) is 17.4 Å². The second-order valence-corrected chi connectivity index (χ2v) is 6.80. The number of benzene rings is 1. The summed E-state index contributed by atoms with van der Waals surface area (Å²) in [5.41, 5.74) is 2.49. The highest BCUT2D eigenvalue weighted by Gasteiger charge is 2.18. The lowest BCUT2D eigenvalue weighted by atomic mass is 10.3. The number of hydrogen-bond acceptors (Lipinski definition) is 5. The van der Waals surface area contributed by atoms with Crippen molar-refractivity contribution in [3.63, 3.8) is 0 Å². The van der Waals surface area contributed by atoms with Crippen molar-refractivity contribution in [3.8, 4) is 0 Å². The number of amides is 1. The van der Waals surface area contributed by atoms with Gasteiger partial charge >= 0.3 is 0 Å². The molecule has 0 fully saturated rings. The predicted octanol–water partition coefficient (Wildman–Crippen LogP) is 4.59. The van der Waals surface area contributed by atoms with Crippen LogP contribution in [0.2, 0.25) is 0 Å². The minimum atomic E-state index is -0.142. The molecule has 1 aromatic carbocycles. The van der Waals surface area contributed by atoms with E-state index in [9.17, 15) is 4.79 Å².